The molecule has 122 valence electrons. The quantitative estimate of drug-likeness (QED) is 0.928. The molecule has 1 N–H and O–H groups in total. The second kappa shape index (κ2) is 7.44. The minimum absolute atomic E-state index is 0.278. The molecule has 1 saturated heterocycles. The number of hydrogen-bond donors (Lipinski definition) is 1. The number of nitrogens with zero attached hydrogens (tertiary/aromatic N) is 1. The molecular formula is C18H27NO3. The van der Waals surface area contributed by atoms with Gasteiger partial charge in [0.25, 0.3) is 0 Å². The number of benzene rings is 1. The lowest BCUT2D eigenvalue weighted by molar-refractivity contribution is -0.0681. The summed E-state index contributed by atoms with van der Waals surface area (Å²) in [5, 5.41) is 10.9. The summed E-state index contributed by atoms with van der Waals surface area (Å²) in [6.07, 6.45) is 6.45. The molecule has 4 heteroatoms. The minimum Gasteiger partial charge on any atom is -0.490 e. The molecule has 0 amide bonds. The standard InChI is InChI=1S/C18H27NO3/c20-18(15-22-17-9-5-2-6-10-17)13-19(11-12-21-14-18)16-7-3-1-4-8-16/h2,5-6,9-10,16,20H,1,3-4,7-8,11-15H2. The van der Waals surface area contributed by atoms with Gasteiger partial charge >= 0.3 is 0 Å². The van der Waals surface area contributed by atoms with Crippen molar-refractivity contribution in [2.24, 2.45) is 0 Å². The van der Waals surface area contributed by atoms with E-state index in [1.165, 1.54) is 32.1 Å². The Balaban J connectivity index is 1.60. The van der Waals surface area contributed by atoms with E-state index >= 15 is 0 Å². The highest BCUT2D eigenvalue weighted by Gasteiger charge is 2.36. The van der Waals surface area contributed by atoms with Gasteiger partial charge < -0.3 is 14.6 Å². The van der Waals surface area contributed by atoms with Crippen LogP contribution in [-0.2, 0) is 4.74 Å². The van der Waals surface area contributed by atoms with Crippen molar-refractivity contribution in [2.45, 2.75) is 43.7 Å². The van der Waals surface area contributed by atoms with Gasteiger partial charge in [-0.05, 0) is 25.0 Å². The van der Waals surface area contributed by atoms with Crippen LogP contribution in [-0.4, -0.2) is 54.6 Å². The van der Waals surface area contributed by atoms with E-state index < -0.39 is 5.60 Å². The maximum Gasteiger partial charge on any atom is 0.134 e. The number of hydrogen-bond acceptors (Lipinski definition) is 4. The average Bonchev–Trinajstić information content (AvgIpc) is 2.77. The molecule has 4 nitrogen and oxygen atoms in total. The van der Waals surface area contributed by atoms with E-state index in [1.807, 2.05) is 30.3 Å². The molecule has 1 aliphatic heterocycles. The number of ether oxygens (including phenoxy) is 2. The Morgan fingerprint density at radius 2 is 1.95 bits per heavy atom. The van der Waals surface area contributed by atoms with Gasteiger partial charge in [0.1, 0.15) is 18.0 Å². The highest BCUT2D eigenvalue weighted by atomic mass is 16.5. The third-order valence-electron chi connectivity index (χ3n) is 4.73. The van der Waals surface area contributed by atoms with E-state index in [1.54, 1.807) is 0 Å². The fourth-order valence-corrected chi connectivity index (χ4v) is 3.53. The van der Waals surface area contributed by atoms with Crippen molar-refractivity contribution in [3.8, 4) is 5.75 Å². The summed E-state index contributed by atoms with van der Waals surface area (Å²) in [4.78, 5) is 2.42. The molecule has 1 saturated carbocycles. The van der Waals surface area contributed by atoms with Gasteiger partial charge in [-0.3, -0.25) is 4.90 Å². The van der Waals surface area contributed by atoms with Gasteiger partial charge in [0.15, 0.2) is 0 Å². The summed E-state index contributed by atoms with van der Waals surface area (Å²) < 4.78 is 11.4. The number of para-hydroxylation sites is 1. The number of rotatable bonds is 4. The molecule has 2 fully saturated rings. The van der Waals surface area contributed by atoms with Gasteiger partial charge in [-0.15, -0.1) is 0 Å². The van der Waals surface area contributed by atoms with Crippen LogP contribution in [0.2, 0.25) is 0 Å². The van der Waals surface area contributed by atoms with Gasteiger partial charge in [0, 0.05) is 19.1 Å². The largest absolute Gasteiger partial charge is 0.490 e. The van der Waals surface area contributed by atoms with E-state index in [0.29, 0.717) is 25.8 Å². The molecule has 2 aliphatic rings. The highest BCUT2D eigenvalue weighted by molar-refractivity contribution is 5.21. The summed E-state index contributed by atoms with van der Waals surface area (Å²) in [6, 6.07) is 10.3. The van der Waals surface area contributed by atoms with Gasteiger partial charge in [-0.1, -0.05) is 37.5 Å². The lowest BCUT2D eigenvalue weighted by Gasteiger charge is -2.37. The second-order valence-corrected chi connectivity index (χ2v) is 6.64. The Hall–Kier alpha value is -1.10. The van der Waals surface area contributed by atoms with Crippen molar-refractivity contribution in [3.63, 3.8) is 0 Å². The molecule has 1 aromatic rings. The zero-order valence-corrected chi connectivity index (χ0v) is 13.2. The van der Waals surface area contributed by atoms with Crippen LogP contribution in [0.4, 0.5) is 0 Å². The third kappa shape index (κ3) is 4.22. The Morgan fingerprint density at radius 1 is 1.18 bits per heavy atom. The predicted molar refractivity (Wildman–Crippen MR) is 86.2 cm³/mol. The first-order valence-electron chi connectivity index (χ1n) is 8.47. The predicted octanol–water partition coefficient (Wildman–Crippen LogP) is 2.46. The molecule has 0 radical (unpaired) electrons. The molecule has 0 aromatic heterocycles. The summed E-state index contributed by atoms with van der Waals surface area (Å²) in [5.74, 6) is 0.796. The zero-order chi connectivity index (χ0) is 15.3. The Bertz CT molecular complexity index is 447. The van der Waals surface area contributed by atoms with Crippen LogP contribution in [0.15, 0.2) is 30.3 Å². The molecule has 1 atom stereocenters. The van der Waals surface area contributed by atoms with Crippen molar-refractivity contribution < 1.29 is 14.6 Å². The topological polar surface area (TPSA) is 41.9 Å². The van der Waals surface area contributed by atoms with Crippen molar-refractivity contribution in [3.05, 3.63) is 30.3 Å². The van der Waals surface area contributed by atoms with Crippen molar-refractivity contribution in [2.75, 3.05) is 32.9 Å². The smallest absolute Gasteiger partial charge is 0.134 e. The van der Waals surface area contributed by atoms with E-state index in [2.05, 4.69) is 4.90 Å². The summed E-state index contributed by atoms with van der Waals surface area (Å²) in [7, 11) is 0. The van der Waals surface area contributed by atoms with E-state index in [-0.39, 0.29) is 6.61 Å². The Morgan fingerprint density at radius 3 is 2.73 bits per heavy atom. The maximum atomic E-state index is 10.9. The lowest BCUT2D eigenvalue weighted by atomic mass is 9.93. The van der Waals surface area contributed by atoms with Crippen LogP contribution in [0.25, 0.3) is 0 Å². The lowest BCUT2D eigenvalue weighted by Crippen LogP contribution is -2.51. The van der Waals surface area contributed by atoms with Crippen LogP contribution in [0.5, 0.6) is 5.75 Å². The normalized spacial score (nSPS) is 28.2. The number of aliphatic hydroxyl groups is 1. The van der Waals surface area contributed by atoms with E-state index in [4.69, 9.17) is 9.47 Å². The van der Waals surface area contributed by atoms with Gasteiger partial charge in [0.2, 0.25) is 0 Å². The molecular weight excluding hydrogens is 278 g/mol. The second-order valence-electron chi connectivity index (χ2n) is 6.64. The summed E-state index contributed by atoms with van der Waals surface area (Å²) in [6.45, 7) is 2.89. The summed E-state index contributed by atoms with van der Waals surface area (Å²) in [5.41, 5.74) is -0.927. The van der Waals surface area contributed by atoms with Crippen LogP contribution in [0, 0.1) is 0 Å². The first-order valence-corrected chi connectivity index (χ1v) is 8.47. The SMILES string of the molecule is OC1(COc2ccccc2)COCCN(C2CCCCC2)C1. The average molecular weight is 305 g/mol. The number of β-amino-alcohol motifs (C(OH)–C–C–N with tert-alkyl or cyclic N) is 1. The van der Waals surface area contributed by atoms with Gasteiger partial charge in [-0.2, -0.15) is 0 Å². The fraction of sp³-hybridized carbons (Fsp3) is 0.667. The maximum absolute atomic E-state index is 10.9. The zero-order valence-electron chi connectivity index (χ0n) is 13.2. The minimum atomic E-state index is -0.927. The Labute approximate surface area is 133 Å². The molecule has 22 heavy (non-hydrogen) atoms. The van der Waals surface area contributed by atoms with Crippen LogP contribution in [0.1, 0.15) is 32.1 Å². The molecule has 0 bridgehead atoms. The fourth-order valence-electron chi connectivity index (χ4n) is 3.53. The van der Waals surface area contributed by atoms with Crippen LogP contribution in [0.3, 0.4) is 0 Å². The van der Waals surface area contributed by atoms with Crippen molar-refractivity contribution >= 4 is 0 Å². The van der Waals surface area contributed by atoms with Crippen LogP contribution < -0.4 is 4.74 Å². The highest BCUT2D eigenvalue weighted by Crippen LogP contribution is 2.25. The first-order chi connectivity index (χ1) is 10.8. The first kappa shape index (κ1) is 15.8. The van der Waals surface area contributed by atoms with Crippen molar-refractivity contribution in [1.82, 2.24) is 4.90 Å². The molecule has 3 rings (SSSR count). The third-order valence-corrected chi connectivity index (χ3v) is 4.73. The Kier molecular flexibility index (Phi) is 5.34. The molecule has 1 aromatic carbocycles. The van der Waals surface area contributed by atoms with Gasteiger partial charge in [0.05, 0.1) is 13.2 Å². The monoisotopic (exact) mass is 305 g/mol. The summed E-state index contributed by atoms with van der Waals surface area (Å²) >= 11 is 0. The molecule has 1 unspecified atom stereocenters. The van der Waals surface area contributed by atoms with Gasteiger partial charge in [-0.25, -0.2) is 0 Å². The van der Waals surface area contributed by atoms with E-state index in [9.17, 15) is 5.11 Å². The molecule has 0 spiro atoms. The molecule has 1 aliphatic carbocycles. The van der Waals surface area contributed by atoms with Crippen LogP contribution >= 0.6 is 0 Å². The molecule has 1 heterocycles. The van der Waals surface area contributed by atoms with Crippen molar-refractivity contribution in [1.29, 1.82) is 0 Å². The van der Waals surface area contributed by atoms with E-state index in [0.717, 1.165) is 12.3 Å².